The highest BCUT2D eigenvalue weighted by atomic mass is 31.1. The zero-order valence-electron chi connectivity index (χ0n) is 8.12. The van der Waals surface area contributed by atoms with Gasteiger partial charge in [-0.05, 0) is 43.6 Å². The zero-order valence-corrected chi connectivity index (χ0v) is 9.12. The van der Waals surface area contributed by atoms with Gasteiger partial charge in [0, 0.05) is 0 Å². The number of allylic oxidation sites excluding steroid dienone is 2. The highest BCUT2D eigenvalue weighted by Crippen LogP contribution is 2.43. The molecule has 1 unspecified atom stereocenters. The first kappa shape index (κ1) is 9.26. The van der Waals surface area contributed by atoms with Gasteiger partial charge in [0.1, 0.15) is 0 Å². The fourth-order valence-electron chi connectivity index (χ4n) is 1.70. The lowest BCUT2D eigenvalue weighted by Crippen LogP contribution is -2.16. The zero-order chi connectivity index (χ0) is 8.48. The maximum Gasteiger partial charge on any atom is -0.0226 e. The van der Waals surface area contributed by atoms with Gasteiger partial charge in [-0.3, -0.25) is 0 Å². The Morgan fingerprint density at radius 3 is 2.45 bits per heavy atom. The van der Waals surface area contributed by atoms with Crippen molar-refractivity contribution in [2.24, 2.45) is 5.41 Å². The van der Waals surface area contributed by atoms with Crippen molar-refractivity contribution in [3.05, 3.63) is 10.9 Å². The van der Waals surface area contributed by atoms with Gasteiger partial charge >= 0.3 is 0 Å². The summed E-state index contributed by atoms with van der Waals surface area (Å²) in [5, 5.41) is 1.74. The Morgan fingerprint density at radius 2 is 2.00 bits per heavy atom. The van der Waals surface area contributed by atoms with Crippen LogP contribution in [0.3, 0.4) is 0 Å². The van der Waals surface area contributed by atoms with Crippen molar-refractivity contribution in [3.63, 3.8) is 0 Å². The van der Waals surface area contributed by atoms with Crippen molar-refractivity contribution in [2.45, 2.75) is 40.0 Å². The van der Waals surface area contributed by atoms with Crippen LogP contribution in [0.15, 0.2) is 10.9 Å². The molecular formula is C10H19P. The molecule has 11 heavy (non-hydrogen) atoms. The summed E-state index contributed by atoms with van der Waals surface area (Å²) in [6, 6.07) is 0. The van der Waals surface area contributed by atoms with Gasteiger partial charge in [0.2, 0.25) is 0 Å². The number of rotatable bonds is 1. The maximum absolute atomic E-state index is 2.39. The van der Waals surface area contributed by atoms with Gasteiger partial charge in [-0.1, -0.05) is 28.0 Å². The molecule has 1 rings (SSSR count). The molecule has 0 N–H and O–H groups in total. The van der Waals surface area contributed by atoms with Crippen molar-refractivity contribution >= 4 is 8.58 Å². The third kappa shape index (κ3) is 2.30. The van der Waals surface area contributed by atoms with Gasteiger partial charge in [-0.15, -0.1) is 0 Å². The van der Waals surface area contributed by atoms with E-state index in [1.807, 2.05) is 0 Å². The summed E-state index contributed by atoms with van der Waals surface area (Å²) in [6.07, 6.45) is 4.06. The molecule has 0 aromatic carbocycles. The molecule has 0 nitrogen and oxygen atoms in total. The van der Waals surface area contributed by atoms with E-state index in [0.717, 1.165) is 8.58 Å². The van der Waals surface area contributed by atoms with Crippen LogP contribution in [0.1, 0.15) is 40.0 Å². The molecule has 0 bridgehead atoms. The summed E-state index contributed by atoms with van der Waals surface area (Å²) in [4.78, 5) is 0. The first-order chi connectivity index (χ1) is 5.05. The van der Waals surface area contributed by atoms with E-state index in [4.69, 9.17) is 0 Å². The summed E-state index contributed by atoms with van der Waals surface area (Å²) in [5.41, 5.74) is 2.25. The molecule has 1 aliphatic rings. The topological polar surface area (TPSA) is 0 Å². The first-order valence-corrected chi connectivity index (χ1v) is 5.91. The third-order valence-electron chi connectivity index (χ3n) is 2.65. The Bertz CT molecular complexity index is 177. The van der Waals surface area contributed by atoms with Crippen LogP contribution in [-0.4, -0.2) is 6.66 Å². The smallest absolute Gasteiger partial charge is 0.0226 e. The van der Waals surface area contributed by atoms with E-state index in [1.54, 1.807) is 10.9 Å². The lowest BCUT2D eigenvalue weighted by Gasteiger charge is -2.31. The summed E-state index contributed by atoms with van der Waals surface area (Å²) >= 11 is 0. The molecule has 0 heterocycles. The minimum Gasteiger partial charge on any atom is -0.0981 e. The second-order valence-electron chi connectivity index (χ2n) is 4.35. The van der Waals surface area contributed by atoms with Gasteiger partial charge in [-0.25, -0.2) is 0 Å². The molecular weight excluding hydrogens is 151 g/mol. The standard InChI is InChI=1S/C10H19P/c1-8-5-6-10(2,3)7-9(8)11-4/h11H,5-7H2,1-4H3. The van der Waals surface area contributed by atoms with Crippen LogP contribution >= 0.6 is 8.58 Å². The van der Waals surface area contributed by atoms with Crippen molar-refractivity contribution < 1.29 is 0 Å². The van der Waals surface area contributed by atoms with E-state index in [1.165, 1.54) is 19.3 Å². The molecule has 1 aliphatic carbocycles. The second kappa shape index (κ2) is 3.27. The quantitative estimate of drug-likeness (QED) is 0.525. The Kier molecular flexibility index (Phi) is 2.75. The fraction of sp³-hybridized carbons (Fsp3) is 0.800. The van der Waals surface area contributed by atoms with Crippen LogP contribution < -0.4 is 0 Å². The minimum absolute atomic E-state index is 0.581. The molecule has 1 heteroatoms. The van der Waals surface area contributed by atoms with E-state index < -0.39 is 0 Å². The molecule has 0 amide bonds. The van der Waals surface area contributed by atoms with Crippen LogP contribution in [0.2, 0.25) is 0 Å². The van der Waals surface area contributed by atoms with Crippen LogP contribution in [0.5, 0.6) is 0 Å². The minimum atomic E-state index is 0.581. The van der Waals surface area contributed by atoms with Crippen molar-refractivity contribution in [2.75, 3.05) is 6.66 Å². The Balaban J connectivity index is 2.73. The van der Waals surface area contributed by atoms with Crippen molar-refractivity contribution in [1.29, 1.82) is 0 Å². The number of hydrogen-bond acceptors (Lipinski definition) is 0. The molecule has 0 saturated carbocycles. The third-order valence-corrected chi connectivity index (χ3v) is 3.86. The predicted octanol–water partition coefficient (Wildman–Crippen LogP) is 3.78. The van der Waals surface area contributed by atoms with E-state index in [-0.39, 0.29) is 0 Å². The molecule has 0 saturated heterocycles. The normalized spacial score (nSPS) is 25.1. The molecule has 64 valence electrons. The van der Waals surface area contributed by atoms with Crippen LogP contribution in [0.25, 0.3) is 0 Å². The van der Waals surface area contributed by atoms with Gasteiger partial charge in [0.15, 0.2) is 0 Å². The molecule has 0 fully saturated rings. The summed E-state index contributed by atoms with van der Waals surface area (Å²) < 4.78 is 0. The summed E-state index contributed by atoms with van der Waals surface area (Å²) in [6.45, 7) is 9.39. The van der Waals surface area contributed by atoms with Crippen LogP contribution in [-0.2, 0) is 0 Å². The summed E-state index contributed by atoms with van der Waals surface area (Å²) in [7, 11) is 1.03. The Labute approximate surface area is 72.2 Å². The summed E-state index contributed by atoms with van der Waals surface area (Å²) in [5.74, 6) is 0. The Morgan fingerprint density at radius 1 is 1.36 bits per heavy atom. The highest BCUT2D eigenvalue weighted by Gasteiger charge is 2.24. The largest absolute Gasteiger partial charge is 0.0981 e. The van der Waals surface area contributed by atoms with E-state index in [0.29, 0.717) is 5.41 Å². The highest BCUT2D eigenvalue weighted by molar-refractivity contribution is 7.42. The first-order valence-electron chi connectivity index (χ1n) is 4.41. The molecule has 0 spiro atoms. The second-order valence-corrected chi connectivity index (χ2v) is 5.45. The lowest BCUT2D eigenvalue weighted by molar-refractivity contribution is 0.321. The fourth-order valence-corrected chi connectivity index (χ4v) is 2.90. The molecule has 0 radical (unpaired) electrons. The molecule has 0 aromatic rings. The number of hydrogen-bond donors (Lipinski definition) is 0. The SMILES string of the molecule is CPC1=C(C)CCC(C)(C)C1. The van der Waals surface area contributed by atoms with Crippen molar-refractivity contribution in [3.8, 4) is 0 Å². The van der Waals surface area contributed by atoms with Crippen molar-refractivity contribution in [1.82, 2.24) is 0 Å². The Hall–Kier alpha value is 0.170. The van der Waals surface area contributed by atoms with Gasteiger partial charge in [0.05, 0.1) is 0 Å². The van der Waals surface area contributed by atoms with E-state index in [9.17, 15) is 0 Å². The van der Waals surface area contributed by atoms with Crippen LogP contribution in [0.4, 0.5) is 0 Å². The monoisotopic (exact) mass is 170 g/mol. The van der Waals surface area contributed by atoms with Crippen LogP contribution in [0, 0.1) is 5.41 Å². The van der Waals surface area contributed by atoms with E-state index >= 15 is 0 Å². The molecule has 0 aromatic heterocycles. The molecule has 0 aliphatic heterocycles. The predicted molar refractivity (Wildman–Crippen MR) is 54.6 cm³/mol. The van der Waals surface area contributed by atoms with Gasteiger partial charge < -0.3 is 0 Å². The average Bonchev–Trinajstić information content (AvgIpc) is 1.94. The van der Waals surface area contributed by atoms with Gasteiger partial charge in [0.25, 0.3) is 0 Å². The van der Waals surface area contributed by atoms with E-state index in [2.05, 4.69) is 27.4 Å². The maximum atomic E-state index is 2.39. The molecule has 1 atom stereocenters. The van der Waals surface area contributed by atoms with Gasteiger partial charge in [-0.2, -0.15) is 0 Å². The lowest BCUT2D eigenvalue weighted by atomic mass is 9.78. The average molecular weight is 170 g/mol.